The zero-order valence-corrected chi connectivity index (χ0v) is 24.3. The normalized spacial score (nSPS) is 18.2. The molecule has 3 aromatic rings. The van der Waals surface area contributed by atoms with E-state index in [9.17, 15) is 44.4 Å². The summed E-state index contributed by atoms with van der Waals surface area (Å²) in [7, 11) is 0. The van der Waals surface area contributed by atoms with Gasteiger partial charge in [-0.15, -0.1) is 0 Å². The molecule has 242 valence electrons. The van der Waals surface area contributed by atoms with Gasteiger partial charge in [0.2, 0.25) is 0 Å². The minimum atomic E-state index is -3.54. The third-order valence-electron chi connectivity index (χ3n) is 7.52. The lowest BCUT2D eigenvalue weighted by Crippen LogP contribution is -2.53. The van der Waals surface area contributed by atoms with Crippen LogP contribution in [0, 0.1) is 5.82 Å². The molecule has 0 radical (unpaired) electrons. The molecular weight excluding hydrogens is 609 g/mol. The number of halogens is 1. The van der Waals surface area contributed by atoms with Crippen LogP contribution in [0.25, 0.3) is 0 Å². The molecule has 1 saturated heterocycles. The van der Waals surface area contributed by atoms with Crippen molar-refractivity contribution in [3.8, 4) is 11.5 Å². The van der Waals surface area contributed by atoms with Crippen molar-refractivity contribution in [3.63, 3.8) is 0 Å². The summed E-state index contributed by atoms with van der Waals surface area (Å²) in [6.07, 6.45) is -4.11. The number of aryl methyl sites for hydroxylation is 1. The molecule has 4 N–H and O–H groups in total. The molecule has 1 aliphatic rings. The Labute approximate surface area is 261 Å². The van der Waals surface area contributed by atoms with Crippen LogP contribution in [-0.4, -0.2) is 85.7 Å². The molecule has 4 atom stereocenters. The quantitative estimate of drug-likeness (QED) is 0.188. The van der Waals surface area contributed by atoms with Gasteiger partial charge in [-0.2, -0.15) is 0 Å². The highest BCUT2D eigenvalue weighted by Crippen LogP contribution is 2.36. The number of ether oxygens (including phenoxy) is 3. The van der Waals surface area contributed by atoms with Gasteiger partial charge in [-0.25, -0.2) is 18.8 Å². The summed E-state index contributed by atoms with van der Waals surface area (Å²) in [6, 6.07) is 20.6. The Morgan fingerprint density at radius 2 is 1.46 bits per heavy atom. The number of hydrogen-bond donors (Lipinski definition) is 4. The summed E-state index contributed by atoms with van der Waals surface area (Å²) in [5.41, 5.74) is 1.22. The van der Waals surface area contributed by atoms with Crippen LogP contribution in [0.5, 0.6) is 11.5 Å². The van der Waals surface area contributed by atoms with E-state index in [1.807, 2.05) is 30.3 Å². The molecule has 14 heteroatoms. The molecule has 0 aromatic heterocycles. The van der Waals surface area contributed by atoms with Gasteiger partial charge >= 0.3 is 29.7 Å². The molecule has 13 nitrogen and oxygen atoms in total. The van der Waals surface area contributed by atoms with Crippen LogP contribution in [0.1, 0.15) is 30.4 Å². The van der Waals surface area contributed by atoms with Crippen molar-refractivity contribution in [3.05, 3.63) is 95.8 Å². The first-order valence-corrected chi connectivity index (χ1v) is 14.0. The smallest absolute Gasteiger partial charge is 0.377 e. The Morgan fingerprint density at radius 1 is 0.870 bits per heavy atom. The average Bonchev–Trinajstić information content (AvgIpc) is 3.45. The summed E-state index contributed by atoms with van der Waals surface area (Å²) in [6.45, 7) is 0.439. The van der Waals surface area contributed by atoms with Crippen LogP contribution in [0.3, 0.4) is 0 Å². The van der Waals surface area contributed by atoms with Crippen LogP contribution in [0.15, 0.2) is 78.9 Å². The van der Waals surface area contributed by atoms with Crippen molar-refractivity contribution in [1.29, 1.82) is 0 Å². The fraction of sp³-hybridized carbons (Fsp3) is 0.281. The first kappa shape index (κ1) is 33.6. The lowest BCUT2D eigenvalue weighted by molar-refractivity contribution is -0.221. The predicted molar refractivity (Wildman–Crippen MR) is 155 cm³/mol. The second-order valence-corrected chi connectivity index (χ2v) is 10.5. The van der Waals surface area contributed by atoms with E-state index in [-0.39, 0.29) is 12.2 Å². The van der Waals surface area contributed by atoms with Gasteiger partial charge in [-0.05, 0) is 55.2 Å². The Morgan fingerprint density at radius 3 is 2.00 bits per heavy atom. The third-order valence-corrected chi connectivity index (χ3v) is 7.52. The fourth-order valence-electron chi connectivity index (χ4n) is 5.21. The van der Waals surface area contributed by atoms with Gasteiger partial charge in [0.05, 0.1) is 0 Å². The molecule has 3 aromatic carbocycles. The van der Waals surface area contributed by atoms with Gasteiger partial charge < -0.3 is 39.5 Å². The lowest BCUT2D eigenvalue weighted by Gasteiger charge is -2.36. The van der Waals surface area contributed by atoms with E-state index in [0.717, 1.165) is 10.5 Å². The van der Waals surface area contributed by atoms with Gasteiger partial charge in [-0.3, -0.25) is 9.59 Å². The number of carboxylic acids is 4. The van der Waals surface area contributed by atoms with Gasteiger partial charge in [0, 0.05) is 12.0 Å². The van der Waals surface area contributed by atoms with E-state index >= 15 is 4.39 Å². The molecule has 1 heterocycles. The minimum absolute atomic E-state index is 0.0950. The average molecular weight is 640 g/mol. The van der Waals surface area contributed by atoms with Crippen LogP contribution in [0.4, 0.5) is 4.39 Å². The number of carbonyl (C=O) groups excluding carboxylic acids is 1. The molecule has 0 saturated carbocycles. The number of carboxylic acid groups (broad SMARTS) is 4. The molecular formula is C32H30FNO12. The van der Waals surface area contributed by atoms with E-state index in [2.05, 4.69) is 0 Å². The third kappa shape index (κ3) is 7.30. The van der Waals surface area contributed by atoms with E-state index in [4.69, 9.17) is 14.2 Å². The summed E-state index contributed by atoms with van der Waals surface area (Å²) in [5, 5.41) is 38.4. The lowest BCUT2D eigenvalue weighted by atomic mass is 9.85. The number of nitrogens with zero attached hydrogens (tertiary/aromatic N) is 1. The van der Waals surface area contributed by atoms with Crippen molar-refractivity contribution in [2.24, 2.45) is 0 Å². The van der Waals surface area contributed by atoms with E-state index in [1.54, 1.807) is 36.4 Å². The molecule has 46 heavy (non-hydrogen) atoms. The van der Waals surface area contributed by atoms with Crippen molar-refractivity contribution >= 4 is 29.8 Å². The molecule has 0 spiro atoms. The summed E-state index contributed by atoms with van der Waals surface area (Å²) < 4.78 is 30.7. The van der Waals surface area contributed by atoms with Crippen molar-refractivity contribution < 1.29 is 63.0 Å². The van der Waals surface area contributed by atoms with Crippen LogP contribution in [0.2, 0.25) is 0 Å². The Kier molecular flexibility index (Phi) is 10.3. The zero-order chi connectivity index (χ0) is 33.6. The van der Waals surface area contributed by atoms with Gasteiger partial charge in [-0.1, -0.05) is 54.6 Å². The molecule has 1 fully saturated rings. The molecule has 0 aliphatic carbocycles. The second kappa shape index (κ2) is 14.2. The Hall–Kier alpha value is -5.34. The van der Waals surface area contributed by atoms with Crippen molar-refractivity contribution in [1.82, 2.24) is 4.90 Å². The first-order valence-electron chi connectivity index (χ1n) is 14.0. The topological polar surface area (TPSA) is 197 Å². The molecule has 4 rings (SSSR count). The molecule has 4 unspecified atom stereocenters. The Balaban J connectivity index is 1.72. The standard InChI is InChI=1S/C32H30FNO12/c1-18(34(17-25(35)36)28(37)26-27(29(38)39)46-32(45-26,30(40)41)31(42)43)22(14-12-19-8-4-2-5-9-19)20-13-15-24(23(33)16-20)44-21-10-6-3-7-11-21/h2-11,13,15-16,18,22,26-27H,12,14,17H2,1H3,(H,35,36)(H,38,39)(H,40,41)(H,42,43). The highest BCUT2D eigenvalue weighted by molar-refractivity contribution is 6.02. The summed E-state index contributed by atoms with van der Waals surface area (Å²) in [4.78, 5) is 62.0. The Bertz CT molecular complexity index is 1590. The zero-order valence-electron chi connectivity index (χ0n) is 24.3. The van der Waals surface area contributed by atoms with Gasteiger partial charge in [0.15, 0.2) is 23.8 Å². The van der Waals surface area contributed by atoms with Crippen molar-refractivity contribution in [2.75, 3.05) is 6.54 Å². The second-order valence-electron chi connectivity index (χ2n) is 10.5. The number of rotatable bonds is 14. The van der Waals surface area contributed by atoms with Gasteiger partial charge in [0.1, 0.15) is 12.3 Å². The van der Waals surface area contributed by atoms with Crippen LogP contribution in [-0.2, 0) is 39.9 Å². The number of para-hydroxylation sites is 1. The molecule has 1 amide bonds. The van der Waals surface area contributed by atoms with E-state index in [0.29, 0.717) is 17.7 Å². The van der Waals surface area contributed by atoms with E-state index in [1.165, 1.54) is 19.1 Å². The number of amides is 1. The predicted octanol–water partition coefficient (Wildman–Crippen LogP) is 3.37. The first-order chi connectivity index (χ1) is 21.8. The summed E-state index contributed by atoms with van der Waals surface area (Å²) >= 11 is 0. The number of hydrogen-bond acceptors (Lipinski definition) is 8. The SMILES string of the molecule is CC(C(CCc1ccccc1)c1ccc(Oc2ccccc2)c(F)c1)N(CC(=O)O)C(=O)C1OC(C(=O)O)(C(=O)O)OC1C(=O)O. The fourth-order valence-corrected chi connectivity index (χ4v) is 5.21. The number of benzene rings is 3. The molecule has 0 bridgehead atoms. The maximum atomic E-state index is 15.4. The number of aliphatic carboxylic acids is 4. The van der Waals surface area contributed by atoms with E-state index < -0.39 is 72.1 Å². The highest BCUT2D eigenvalue weighted by atomic mass is 19.1. The maximum absolute atomic E-state index is 15.4. The monoisotopic (exact) mass is 639 g/mol. The largest absolute Gasteiger partial charge is 0.480 e. The van der Waals surface area contributed by atoms with Crippen molar-refractivity contribution in [2.45, 2.75) is 49.7 Å². The van der Waals surface area contributed by atoms with Crippen LogP contribution < -0.4 is 4.74 Å². The maximum Gasteiger partial charge on any atom is 0.377 e. The summed E-state index contributed by atoms with van der Waals surface area (Å²) in [5.74, 6) is -14.0. The van der Waals surface area contributed by atoms with Gasteiger partial charge in [0.25, 0.3) is 5.91 Å². The minimum Gasteiger partial charge on any atom is -0.480 e. The highest BCUT2D eigenvalue weighted by Gasteiger charge is 2.64. The molecule has 1 aliphatic heterocycles. The number of carbonyl (C=O) groups is 5. The van der Waals surface area contributed by atoms with Crippen LogP contribution >= 0.6 is 0 Å².